The number of fused-ring (bicyclic) bond motifs is 1. The molecule has 0 aromatic rings. The van der Waals surface area contributed by atoms with Gasteiger partial charge in [0.15, 0.2) is 0 Å². The molecule has 2 aliphatic rings. The molecule has 1 saturated carbocycles. The molecule has 4 atom stereocenters. The lowest BCUT2D eigenvalue weighted by Crippen LogP contribution is -2.25. The highest BCUT2D eigenvalue weighted by atomic mass is 16.5. The Morgan fingerprint density at radius 3 is 2.81 bits per heavy atom. The average molecular weight is 224 g/mol. The van der Waals surface area contributed by atoms with Crippen LogP contribution >= 0.6 is 0 Å². The Balaban J connectivity index is 2.34. The molecule has 2 N–H and O–H groups in total. The van der Waals surface area contributed by atoms with Crippen molar-refractivity contribution in [2.75, 3.05) is 7.11 Å². The summed E-state index contributed by atoms with van der Waals surface area (Å²) in [5, 5.41) is 19.6. The fourth-order valence-corrected chi connectivity index (χ4v) is 2.77. The van der Waals surface area contributed by atoms with Crippen molar-refractivity contribution in [1.82, 2.24) is 0 Å². The van der Waals surface area contributed by atoms with Gasteiger partial charge in [0.05, 0.1) is 19.0 Å². The molecule has 0 aromatic heterocycles. The van der Waals surface area contributed by atoms with Gasteiger partial charge in [0.2, 0.25) is 0 Å². The van der Waals surface area contributed by atoms with Crippen molar-refractivity contribution in [3.8, 4) is 0 Å². The van der Waals surface area contributed by atoms with Gasteiger partial charge >= 0.3 is 5.97 Å². The number of aliphatic hydroxyl groups excluding tert-OH is 2. The van der Waals surface area contributed by atoms with Crippen LogP contribution < -0.4 is 0 Å². The van der Waals surface area contributed by atoms with Crippen LogP contribution in [0.5, 0.6) is 0 Å². The van der Waals surface area contributed by atoms with Crippen LogP contribution in [0.1, 0.15) is 13.3 Å². The summed E-state index contributed by atoms with van der Waals surface area (Å²) in [5.41, 5.74) is 0.550. The molecule has 2 aliphatic carbocycles. The van der Waals surface area contributed by atoms with Crippen LogP contribution in [-0.4, -0.2) is 29.4 Å². The number of rotatable bonds is 1. The monoisotopic (exact) mass is 224 g/mol. The van der Waals surface area contributed by atoms with E-state index in [2.05, 4.69) is 0 Å². The highest BCUT2D eigenvalue weighted by Gasteiger charge is 2.46. The highest BCUT2D eigenvalue weighted by Crippen LogP contribution is 2.46. The molecule has 0 bridgehead atoms. The van der Waals surface area contributed by atoms with Gasteiger partial charge in [-0.3, -0.25) is 0 Å². The maximum absolute atomic E-state index is 11.5. The van der Waals surface area contributed by atoms with E-state index in [4.69, 9.17) is 4.74 Å². The Labute approximate surface area is 94.2 Å². The SMILES string of the molecule is COC(=O)C1=CC=C(O)[C@@H]2[C@@H](C)[C@@H](O)C[C@H]12. The maximum Gasteiger partial charge on any atom is 0.334 e. The fourth-order valence-electron chi connectivity index (χ4n) is 2.77. The number of aliphatic hydroxyl groups is 2. The van der Waals surface area contributed by atoms with E-state index in [9.17, 15) is 15.0 Å². The summed E-state index contributed by atoms with van der Waals surface area (Å²) in [5.74, 6) is -0.437. The second-order valence-corrected chi connectivity index (χ2v) is 4.50. The van der Waals surface area contributed by atoms with Gasteiger partial charge in [0.1, 0.15) is 0 Å². The van der Waals surface area contributed by atoms with Crippen molar-refractivity contribution in [2.24, 2.45) is 17.8 Å². The van der Waals surface area contributed by atoms with Gasteiger partial charge in [-0.2, -0.15) is 0 Å². The zero-order chi connectivity index (χ0) is 11.9. The number of esters is 1. The highest BCUT2D eigenvalue weighted by molar-refractivity contribution is 5.90. The van der Waals surface area contributed by atoms with Gasteiger partial charge in [0, 0.05) is 17.4 Å². The third-order valence-electron chi connectivity index (χ3n) is 3.70. The average Bonchev–Trinajstić information content (AvgIpc) is 2.56. The lowest BCUT2D eigenvalue weighted by Gasteiger charge is -2.26. The largest absolute Gasteiger partial charge is 0.512 e. The predicted molar refractivity (Wildman–Crippen MR) is 57.6 cm³/mol. The second-order valence-electron chi connectivity index (χ2n) is 4.50. The third-order valence-corrected chi connectivity index (χ3v) is 3.70. The van der Waals surface area contributed by atoms with E-state index in [0.29, 0.717) is 12.0 Å². The number of hydrogen-bond acceptors (Lipinski definition) is 4. The van der Waals surface area contributed by atoms with Gasteiger partial charge in [-0.25, -0.2) is 4.79 Å². The number of allylic oxidation sites excluding steroid dienone is 3. The molecule has 16 heavy (non-hydrogen) atoms. The Bertz CT molecular complexity index is 369. The smallest absolute Gasteiger partial charge is 0.334 e. The van der Waals surface area contributed by atoms with Gasteiger partial charge in [-0.05, 0) is 24.5 Å². The zero-order valence-corrected chi connectivity index (χ0v) is 9.38. The van der Waals surface area contributed by atoms with Crippen LogP contribution in [0, 0.1) is 17.8 Å². The molecule has 4 heteroatoms. The van der Waals surface area contributed by atoms with Crippen LogP contribution in [-0.2, 0) is 9.53 Å². The van der Waals surface area contributed by atoms with Crippen molar-refractivity contribution in [1.29, 1.82) is 0 Å². The fraction of sp³-hybridized carbons (Fsp3) is 0.583. The zero-order valence-electron chi connectivity index (χ0n) is 9.38. The Morgan fingerprint density at radius 1 is 1.50 bits per heavy atom. The molecule has 0 amide bonds. The van der Waals surface area contributed by atoms with E-state index in [1.165, 1.54) is 13.2 Å². The standard InChI is InChI=1S/C12H16O4/c1-6-10(14)5-8-7(12(15)16-2)3-4-9(13)11(6)8/h3-4,6,8,10-11,13-14H,5H2,1-2H3/t6-,8+,10-,11+/m0/s1. The summed E-state index contributed by atoms with van der Waals surface area (Å²) >= 11 is 0. The molecular formula is C12H16O4. The van der Waals surface area contributed by atoms with Crippen LogP contribution in [0.3, 0.4) is 0 Å². The second kappa shape index (κ2) is 3.94. The molecule has 0 aliphatic heterocycles. The molecule has 0 spiro atoms. The maximum atomic E-state index is 11.5. The van der Waals surface area contributed by atoms with Crippen LogP contribution in [0.4, 0.5) is 0 Å². The summed E-state index contributed by atoms with van der Waals surface area (Å²) in [6.07, 6.45) is 3.15. The van der Waals surface area contributed by atoms with Gasteiger partial charge < -0.3 is 14.9 Å². The number of ether oxygens (including phenoxy) is 1. The molecule has 1 fully saturated rings. The first-order valence-electron chi connectivity index (χ1n) is 5.43. The van der Waals surface area contributed by atoms with Crippen molar-refractivity contribution in [3.05, 3.63) is 23.5 Å². The van der Waals surface area contributed by atoms with E-state index in [1.54, 1.807) is 6.08 Å². The van der Waals surface area contributed by atoms with Crippen LogP contribution in [0.2, 0.25) is 0 Å². The minimum Gasteiger partial charge on any atom is -0.512 e. The molecule has 2 rings (SSSR count). The van der Waals surface area contributed by atoms with E-state index in [-0.39, 0.29) is 29.5 Å². The predicted octanol–water partition coefficient (Wildman–Crippen LogP) is 1.17. The first kappa shape index (κ1) is 11.2. The molecule has 88 valence electrons. The van der Waals surface area contributed by atoms with Crippen LogP contribution in [0.25, 0.3) is 0 Å². The Kier molecular flexibility index (Phi) is 2.76. The first-order chi connectivity index (χ1) is 7.56. The molecule has 0 aromatic carbocycles. The molecule has 0 heterocycles. The van der Waals surface area contributed by atoms with Crippen molar-refractivity contribution < 1.29 is 19.7 Å². The topological polar surface area (TPSA) is 66.8 Å². The minimum absolute atomic E-state index is 0.0328. The first-order valence-corrected chi connectivity index (χ1v) is 5.43. The molecule has 0 unspecified atom stereocenters. The van der Waals surface area contributed by atoms with E-state index in [0.717, 1.165) is 0 Å². The van der Waals surface area contributed by atoms with Crippen LogP contribution in [0.15, 0.2) is 23.5 Å². The lowest BCUT2D eigenvalue weighted by molar-refractivity contribution is -0.136. The van der Waals surface area contributed by atoms with Gasteiger partial charge in [-0.1, -0.05) is 6.92 Å². The minimum atomic E-state index is -0.475. The molecular weight excluding hydrogens is 208 g/mol. The normalized spacial score (nSPS) is 37.4. The van der Waals surface area contributed by atoms with Crippen molar-refractivity contribution in [2.45, 2.75) is 19.4 Å². The number of methoxy groups -OCH3 is 1. The van der Waals surface area contributed by atoms with E-state index < -0.39 is 6.10 Å². The number of carbonyl (C=O) groups is 1. The number of hydrogen-bond donors (Lipinski definition) is 2. The number of carbonyl (C=O) groups excluding carboxylic acids is 1. The van der Waals surface area contributed by atoms with E-state index in [1.807, 2.05) is 6.92 Å². The quantitative estimate of drug-likeness (QED) is 0.656. The molecule has 4 nitrogen and oxygen atoms in total. The summed E-state index contributed by atoms with van der Waals surface area (Å²) in [7, 11) is 1.34. The summed E-state index contributed by atoms with van der Waals surface area (Å²) < 4.78 is 4.70. The van der Waals surface area contributed by atoms with Gasteiger partial charge in [-0.15, -0.1) is 0 Å². The lowest BCUT2D eigenvalue weighted by atomic mass is 9.80. The summed E-state index contributed by atoms with van der Waals surface area (Å²) in [6, 6.07) is 0. The molecule has 0 radical (unpaired) electrons. The Morgan fingerprint density at radius 2 is 2.19 bits per heavy atom. The van der Waals surface area contributed by atoms with Crippen molar-refractivity contribution in [3.63, 3.8) is 0 Å². The van der Waals surface area contributed by atoms with E-state index >= 15 is 0 Å². The Hall–Kier alpha value is -1.29. The third kappa shape index (κ3) is 1.53. The summed E-state index contributed by atoms with van der Waals surface area (Å²) in [4.78, 5) is 11.5. The summed E-state index contributed by atoms with van der Waals surface area (Å²) in [6.45, 7) is 1.89. The van der Waals surface area contributed by atoms with Crippen molar-refractivity contribution >= 4 is 5.97 Å². The van der Waals surface area contributed by atoms with Gasteiger partial charge in [0.25, 0.3) is 0 Å². The molecule has 0 saturated heterocycles.